The van der Waals surface area contributed by atoms with E-state index >= 15 is 0 Å². The summed E-state index contributed by atoms with van der Waals surface area (Å²) < 4.78 is 2.07. The highest BCUT2D eigenvalue weighted by Crippen LogP contribution is 2.19. The molecule has 98 valence electrons. The fourth-order valence-corrected chi connectivity index (χ4v) is 4.24. The van der Waals surface area contributed by atoms with Crippen LogP contribution in [0.2, 0.25) is 0 Å². The SMILES string of the molecule is CCSC(=S)N1CCN(C(=S)SCC)C(C)C1. The summed E-state index contributed by atoms with van der Waals surface area (Å²) in [7, 11) is 0. The molecule has 0 aliphatic carbocycles. The molecule has 1 atom stereocenters. The van der Waals surface area contributed by atoms with Gasteiger partial charge in [-0.1, -0.05) is 61.8 Å². The van der Waals surface area contributed by atoms with Gasteiger partial charge >= 0.3 is 0 Å². The van der Waals surface area contributed by atoms with Crippen molar-refractivity contribution in [2.24, 2.45) is 0 Å². The summed E-state index contributed by atoms with van der Waals surface area (Å²) in [6.07, 6.45) is 0. The molecular formula is C11H20N2S4. The molecule has 1 heterocycles. The van der Waals surface area contributed by atoms with Crippen LogP contribution in [0, 0.1) is 0 Å². The molecular weight excluding hydrogens is 288 g/mol. The number of hydrogen-bond donors (Lipinski definition) is 0. The van der Waals surface area contributed by atoms with Crippen LogP contribution in [0.15, 0.2) is 0 Å². The molecule has 6 heteroatoms. The van der Waals surface area contributed by atoms with E-state index in [9.17, 15) is 0 Å². The second kappa shape index (κ2) is 7.81. The first-order valence-electron chi connectivity index (χ1n) is 5.95. The van der Waals surface area contributed by atoms with Crippen LogP contribution in [0.25, 0.3) is 0 Å². The summed E-state index contributed by atoms with van der Waals surface area (Å²) in [4.78, 5) is 4.64. The molecule has 1 aliphatic heterocycles. The monoisotopic (exact) mass is 308 g/mol. The van der Waals surface area contributed by atoms with E-state index < -0.39 is 0 Å². The van der Waals surface area contributed by atoms with Crippen LogP contribution < -0.4 is 0 Å². The van der Waals surface area contributed by atoms with Crippen LogP contribution in [0.4, 0.5) is 0 Å². The van der Waals surface area contributed by atoms with Crippen molar-refractivity contribution in [3.05, 3.63) is 0 Å². The predicted octanol–water partition coefficient (Wildman–Crippen LogP) is 3.07. The van der Waals surface area contributed by atoms with Gasteiger partial charge in [0.1, 0.15) is 8.64 Å². The van der Waals surface area contributed by atoms with E-state index in [0.29, 0.717) is 6.04 Å². The minimum Gasteiger partial charge on any atom is -0.354 e. The lowest BCUT2D eigenvalue weighted by Crippen LogP contribution is -2.53. The van der Waals surface area contributed by atoms with Gasteiger partial charge in [0.05, 0.1) is 0 Å². The summed E-state index contributed by atoms with van der Waals surface area (Å²) in [5.74, 6) is 2.10. The van der Waals surface area contributed by atoms with Crippen molar-refractivity contribution in [2.45, 2.75) is 26.8 Å². The van der Waals surface area contributed by atoms with E-state index in [2.05, 4.69) is 30.6 Å². The number of hydrogen-bond acceptors (Lipinski definition) is 4. The number of rotatable bonds is 2. The maximum absolute atomic E-state index is 5.44. The molecule has 1 aliphatic rings. The maximum atomic E-state index is 5.44. The Morgan fingerprint density at radius 3 is 2.24 bits per heavy atom. The number of thiocarbonyl (C=S) groups is 2. The summed E-state index contributed by atoms with van der Waals surface area (Å²) in [5, 5.41) is 0. The molecule has 1 rings (SSSR count). The van der Waals surface area contributed by atoms with Crippen molar-refractivity contribution in [3.8, 4) is 0 Å². The van der Waals surface area contributed by atoms with Gasteiger partial charge in [-0.05, 0) is 18.4 Å². The fourth-order valence-electron chi connectivity index (χ4n) is 1.82. The second-order valence-electron chi connectivity index (χ2n) is 3.89. The van der Waals surface area contributed by atoms with E-state index in [4.69, 9.17) is 24.4 Å². The average molecular weight is 309 g/mol. The first kappa shape index (κ1) is 15.5. The molecule has 0 bridgehead atoms. The van der Waals surface area contributed by atoms with Gasteiger partial charge < -0.3 is 9.80 Å². The van der Waals surface area contributed by atoms with Crippen molar-refractivity contribution < 1.29 is 0 Å². The molecule has 1 saturated heterocycles. The van der Waals surface area contributed by atoms with E-state index in [1.54, 1.807) is 23.5 Å². The van der Waals surface area contributed by atoms with Crippen molar-refractivity contribution in [1.82, 2.24) is 9.80 Å². The lowest BCUT2D eigenvalue weighted by molar-refractivity contribution is 0.206. The minimum absolute atomic E-state index is 0.464. The molecule has 2 nitrogen and oxygen atoms in total. The minimum atomic E-state index is 0.464. The molecule has 1 fully saturated rings. The van der Waals surface area contributed by atoms with Gasteiger partial charge in [-0.15, -0.1) is 0 Å². The zero-order chi connectivity index (χ0) is 12.8. The Morgan fingerprint density at radius 1 is 1.12 bits per heavy atom. The lowest BCUT2D eigenvalue weighted by atomic mass is 10.2. The zero-order valence-electron chi connectivity index (χ0n) is 10.6. The second-order valence-corrected chi connectivity index (χ2v) is 7.68. The van der Waals surface area contributed by atoms with E-state index in [0.717, 1.165) is 39.8 Å². The third-order valence-corrected chi connectivity index (χ3v) is 5.42. The Balaban J connectivity index is 2.49. The van der Waals surface area contributed by atoms with Crippen LogP contribution in [-0.2, 0) is 0 Å². The van der Waals surface area contributed by atoms with Crippen LogP contribution in [0.1, 0.15) is 20.8 Å². The summed E-state index contributed by atoms with van der Waals surface area (Å²) >= 11 is 14.4. The normalized spacial score (nSPS) is 20.5. The van der Waals surface area contributed by atoms with Crippen LogP contribution in [0.3, 0.4) is 0 Å². The van der Waals surface area contributed by atoms with Crippen molar-refractivity contribution >= 4 is 56.6 Å². The molecule has 0 aromatic rings. The molecule has 0 saturated carbocycles. The Labute approximate surface area is 124 Å². The van der Waals surface area contributed by atoms with Gasteiger partial charge in [0.15, 0.2) is 0 Å². The van der Waals surface area contributed by atoms with Crippen molar-refractivity contribution in [3.63, 3.8) is 0 Å². The van der Waals surface area contributed by atoms with Crippen LogP contribution >= 0.6 is 48.0 Å². The standard InChI is InChI=1S/C11H20N2S4/c1-4-16-10(14)12-6-7-13(9(3)8-12)11(15)17-5-2/h9H,4-8H2,1-3H3. The van der Waals surface area contributed by atoms with Gasteiger partial charge in [0.25, 0.3) is 0 Å². The summed E-state index contributed by atoms with van der Waals surface area (Å²) in [6.45, 7) is 9.51. The molecule has 0 radical (unpaired) electrons. The highest BCUT2D eigenvalue weighted by Gasteiger charge is 2.26. The van der Waals surface area contributed by atoms with Crippen molar-refractivity contribution in [2.75, 3.05) is 31.1 Å². The van der Waals surface area contributed by atoms with Gasteiger partial charge in [0, 0.05) is 25.7 Å². The van der Waals surface area contributed by atoms with E-state index in [1.165, 1.54) is 0 Å². The average Bonchev–Trinajstić information content (AvgIpc) is 2.29. The maximum Gasteiger partial charge on any atom is 0.136 e. The number of piperazine rings is 1. The molecule has 17 heavy (non-hydrogen) atoms. The Bertz CT molecular complexity index is 283. The first-order chi connectivity index (χ1) is 8.10. The largest absolute Gasteiger partial charge is 0.354 e. The molecule has 0 N–H and O–H groups in total. The fraction of sp³-hybridized carbons (Fsp3) is 0.818. The highest BCUT2D eigenvalue weighted by atomic mass is 32.2. The van der Waals surface area contributed by atoms with Crippen molar-refractivity contribution in [1.29, 1.82) is 0 Å². The number of thioether (sulfide) groups is 2. The van der Waals surface area contributed by atoms with Gasteiger partial charge in [0.2, 0.25) is 0 Å². The Morgan fingerprint density at radius 2 is 1.71 bits per heavy atom. The van der Waals surface area contributed by atoms with E-state index in [-0.39, 0.29) is 0 Å². The third kappa shape index (κ3) is 4.58. The van der Waals surface area contributed by atoms with Crippen LogP contribution in [0.5, 0.6) is 0 Å². The number of nitrogens with zero attached hydrogens (tertiary/aromatic N) is 2. The molecule has 0 spiro atoms. The molecule has 0 aromatic carbocycles. The predicted molar refractivity (Wildman–Crippen MR) is 89.2 cm³/mol. The van der Waals surface area contributed by atoms with Gasteiger partial charge in [-0.3, -0.25) is 0 Å². The molecule has 0 amide bonds. The first-order valence-corrected chi connectivity index (χ1v) is 8.74. The van der Waals surface area contributed by atoms with E-state index in [1.807, 2.05) is 0 Å². The van der Waals surface area contributed by atoms with Crippen LogP contribution in [-0.4, -0.2) is 55.6 Å². The quantitative estimate of drug-likeness (QED) is 0.718. The lowest BCUT2D eigenvalue weighted by Gasteiger charge is -2.41. The molecule has 1 unspecified atom stereocenters. The van der Waals surface area contributed by atoms with Gasteiger partial charge in [-0.2, -0.15) is 0 Å². The topological polar surface area (TPSA) is 6.48 Å². The van der Waals surface area contributed by atoms with Gasteiger partial charge in [-0.25, -0.2) is 0 Å². The molecule has 0 aromatic heterocycles. The summed E-state index contributed by atoms with van der Waals surface area (Å²) in [5.41, 5.74) is 0. The Kier molecular flexibility index (Phi) is 7.14. The Hall–Kier alpha value is 0.480. The third-order valence-electron chi connectivity index (χ3n) is 2.66. The smallest absolute Gasteiger partial charge is 0.136 e. The zero-order valence-corrected chi connectivity index (χ0v) is 13.9. The highest BCUT2D eigenvalue weighted by molar-refractivity contribution is 8.23. The summed E-state index contributed by atoms with van der Waals surface area (Å²) in [6, 6.07) is 0.464.